The number of likely N-dealkylation sites (N-methyl/N-ethyl adjacent to an activating group) is 1. The highest BCUT2D eigenvalue weighted by atomic mass is 16.7. The molecule has 1 amide bonds. The van der Waals surface area contributed by atoms with Crippen LogP contribution in [-0.4, -0.2) is 46.7 Å². The van der Waals surface area contributed by atoms with E-state index in [1.807, 2.05) is 48.5 Å². The summed E-state index contributed by atoms with van der Waals surface area (Å²) in [6.07, 6.45) is -0.616. The van der Waals surface area contributed by atoms with Crippen LogP contribution in [0.25, 0.3) is 10.8 Å². The zero-order valence-electron chi connectivity index (χ0n) is 26.1. The number of carboxylic acids is 1. The minimum Gasteiger partial charge on any atom is -0.481 e. The summed E-state index contributed by atoms with van der Waals surface area (Å²) >= 11 is 0. The molecule has 0 bridgehead atoms. The maximum absolute atomic E-state index is 12.3. The van der Waals surface area contributed by atoms with Gasteiger partial charge in [0.2, 0.25) is 5.91 Å². The number of ether oxygens (including phenoxy) is 2. The van der Waals surface area contributed by atoms with Gasteiger partial charge in [0.15, 0.2) is 6.29 Å². The molecule has 4 aromatic rings. The molecule has 1 fully saturated rings. The lowest BCUT2D eigenvalue weighted by Crippen LogP contribution is -2.44. The molecule has 0 radical (unpaired) electrons. The minimum absolute atomic E-state index is 0.0182. The van der Waals surface area contributed by atoms with E-state index >= 15 is 0 Å². The summed E-state index contributed by atoms with van der Waals surface area (Å²) in [6.45, 7) is 5.04. The molecule has 1 heterocycles. The molecular formula is C37H42N2O6. The lowest BCUT2D eigenvalue weighted by Gasteiger charge is -2.43. The molecule has 5 rings (SSSR count). The highest BCUT2D eigenvalue weighted by Gasteiger charge is 2.39. The third-order valence-electron chi connectivity index (χ3n) is 8.77. The maximum atomic E-state index is 12.3. The standard InChI is InChI=1S/C37H42N2O6/c1-24-33(22-39(3)25(2)30-16-15-27-7-4-5-8-31(27)21-30)44-37(45-36(24)28-13-11-26(23-40)12-14-28)29-17-19-32(20-18-29)38-34(41)9-6-10-35(42)43/h4-5,7-8,11-21,24-25,33,36-37,40H,6,9-10,22-23H2,1-3H3,(H,38,41)(H,42,43). The lowest BCUT2D eigenvalue weighted by atomic mass is 9.89. The van der Waals surface area contributed by atoms with Crippen molar-refractivity contribution in [3.05, 3.63) is 113 Å². The molecule has 0 aromatic heterocycles. The average molecular weight is 611 g/mol. The molecule has 5 unspecified atom stereocenters. The van der Waals surface area contributed by atoms with Crippen molar-refractivity contribution in [2.75, 3.05) is 18.9 Å². The molecule has 3 N–H and O–H groups in total. The Morgan fingerprint density at radius 2 is 1.58 bits per heavy atom. The number of carbonyl (C=O) groups is 2. The van der Waals surface area contributed by atoms with E-state index in [1.165, 1.54) is 16.3 Å². The van der Waals surface area contributed by atoms with Crippen LogP contribution in [0.4, 0.5) is 5.69 Å². The Hall–Kier alpha value is -4.08. The number of nitrogens with zero attached hydrogens (tertiary/aromatic N) is 1. The third-order valence-corrected chi connectivity index (χ3v) is 8.77. The molecule has 0 saturated carbocycles. The highest BCUT2D eigenvalue weighted by Crippen LogP contribution is 2.42. The second kappa shape index (κ2) is 14.8. The van der Waals surface area contributed by atoms with Crippen LogP contribution in [0, 0.1) is 5.92 Å². The number of hydrogen-bond donors (Lipinski definition) is 3. The van der Waals surface area contributed by atoms with Gasteiger partial charge in [-0.25, -0.2) is 0 Å². The van der Waals surface area contributed by atoms with Gasteiger partial charge in [0.25, 0.3) is 0 Å². The van der Waals surface area contributed by atoms with E-state index in [-0.39, 0.29) is 55.9 Å². The number of hydrogen-bond acceptors (Lipinski definition) is 6. The Kier molecular flexibility index (Phi) is 10.6. The molecule has 1 aliphatic rings. The quantitative estimate of drug-likeness (QED) is 0.158. The maximum Gasteiger partial charge on any atom is 0.303 e. The van der Waals surface area contributed by atoms with E-state index in [2.05, 4.69) is 73.6 Å². The summed E-state index contributed by atoms with van der Waals surface area (Å²) in [5.74, 6) is -1.10. The van der Waals surface area contributed by atoms with Crippen LogP contribution in [0.5, 0.6) is 0 Å². The highest BCUT2D eigenvalue weighted by molar-refractivity contribution is 5.90. The average Bonchev–Trinajstić information content (AvgIpc) is 3.05. The van der Waals surface area contributed by atoms with Gasteiger partial charge in [-0.2, -0.15) is 0 Å². The summed E-state index contributed by atoms with van der Waals surface area (Å²) < 4.78 is 13.3. The molecule has 0 aliphatic carbocycles. The van der Waals surface area contributed by atoms with Gasteiger partial charge in [-0.05, 0) is 66.1 Å². The Labute approximate surface area is 264 Å². The topological polar surface area (TPSA) is 108 Å². The zero-order valence-corrected chi connectivity index (χ0v) is 26.1. The predicted molar refractivity (Wildman–Crippen MR) is 175 cm³/mol. The lowest BCUT2D eigenvalue weighted by molar-refractivity contribution is -0.276. The van der Waals surface area contributed by atoms with E-state index in [0.29, 0.717) is 12.2 Å². The molecule has 8 nitrogen and oxygen atoms in total. The van der Waals surface area contributed by atoms with Gasteiger partial charge in [-0.15, -0.1) is 0 Å². The number of aliphatic carboxylic acids is 1. The van der Waals surface area contributed by atoms with Crippen molar-refractivity contribution in [1.82, 2.24) is 4.90 Å². The molecule has 236 valence electrons. The van der Waals surface area contributed by atoms with Gasteiger partial charge < -0.3 is 25.0 Å². The Bertz CT molecular complexity index is 1590. The van der Waals surface area contributed by atoms with E-state index in [0.717, 1.165) is 16.7 Å². The number of rotatable bonds is 12. The summed E-state index contributed by atoms with van der Waals surface area (Å²) in [6, 6.07) is 30.4. The second-order valence-electron chi connectivity index (χ2n) is 12.0. The van der Waals surface area contributed by atoms with Crippen molar-refractivity contribution in [1.29, 1.82) is 0 Å². The summed E-state index contributed by atoms with van der Waals surface area (Å²) in [4.78, 5) is 25.3. The number of benzene rings is 4. The van der Waals surface area contributed by atoms with Crippen LogP contribution in [-0.2, 0) is 25.7 Å². The van der Waals surface area contributed by atoms with Gasteiger partial charge in [-0.3, -0.25) is 14.5 Å². The van der Waals surface area contributed by atoms with E-state index in [1.54, 1.807) is 0 Å². The number of anilines is 1. The molecule has 1 saturated heterocycles. The second-order valence-corrected chi connectivity index (χ2v) is 12.0. The SMILES string of the molecule is CC1C(CN(C)C(C)c2ccc3ccccc3c2)OC(c2ccc(NC(=O)CCCC(=O)O)cc2)OC1c1ccc(CO)cc1. The summed E-state index contributed by atoms with van der Waals surface area (Å²) in [7, 11) is 2.12. The fraction of sp³-hybridized carbons (Fsp3) is 0.351. The predicted octanol–water partition coefficient (Wildman–Crippen LogP) is 7.01. The molecule has 1 aliphatic heterocycles. The van der Waals surface area contributed by atoms with Gasteiger partial charge in [0, 0.05) is 42.6 Å². The van der Waals surface area contributed by atoms with Crippen LogP contribution in [0.1, 0.15) is 73.8 Å². The zero-order chi connectivity index (χ0) is 31.9. The first-order valence-electron chi connectivity index (χ1n) is 15.5. The van der Waals surface area contributed by atoms with E-state index in [9.17, 15) is 14.7 Å². The van der Waals surface area contributed by atoms with E-state index in [4.69, 9.17) is 14.6 Å². The van der Waals surface area contributed by atoms with Gasteiger partial charge >= 0.3 is 5.97 Å². The van der Waals surface area contributed by atoms with E-state index < -0.39 is 12.3 Å². The Balaban J connectivity index is 1.33. The van der Waals surface area contributed by atoms with Crippen molar-refractivity contribution in [3.63, 3.8) is 0 Å². The molecular weight excluding hydrogens is 568 g/mol. The van der Waals surface area contributed by atoms with Crippen LogP contribution in [0.15, 0.2) is 91.0 Å². The number of carbonyl (C=O) groups excluding carboxylic acids is 1. The molecule has 0 spiro atoms. The molecule has 8 heteroatoms. The largest absolute Gasteiger partial charge is 0.481 e. The monoisotopic (exact) mass is 610 g/mol. The van der Waals surface area contributed by atoms with Gasteiger partial charge in [0.1, 0.15) is 0 Å². The number of amides is 1. The molecule has 5 atom stereocenters. The first-order valence-corrected chi connectivity index (χ1v) is 15.5. The first-order chi connectivity index (χ1) is 21.7. The van der Waals surface area contributed by atoms with Crippen molar-refractivity contribution in [2.45, 2.75) is 64.3 Å². The van der Waals surface area contributed by atoms with Gasteiger partial charge in [0.05, 0.1) is 18.8 Å². The van der Waals surface area contributed by atoms with Crippen LogP contribution >= 0.6 is 0 Å². The summed E-state index contributed by atoms with van der Waals surface area (Å²) in [5.41, 5.74) is 4.56. The van der Waals surface area contributed by atoms with Crippen molar-refractivity contribution in [3.8, 4) is 0 Å². The van der Waals surface area contributed by atoms with Gasteiger partial charge in [-0.1, -0.05) is 79.7 Å². The number of aliphatic hydroxyl groups excluding tert-OH is 1. The number of aliphatic hydroxyl groups is 1. The fourth-order valence-electron chi connectivity index (χ4n) is 5.84. The Morgan fingerprint density at radius 3 is 2.27 bits per heavy atom. The van der Waals surface area contributed by atoms with Crippen molar-refractivity contribution >= 4 is 28.3 Å². The van der Waals surface area contributed by atoms with Crippen LogP contribution < -0.4 is 5.32 Å². The smallest absolute Gasteiger partial charge is 0.303 e. The number of nitrogens with one attached hydrogen (secondary N) is 1. The third kappa shape index (κ3) is 8.15. The normalized spacial score (nSPS) is 20.6. The molecule has 45 heavy (non-hydrogen) atoms. The Morgan fingerprint density at radius 1 is 0.889 bits per heavy atom. The minimum atomic E-state index is -0.913. The van der Waals surface area contributed by atoms with Crippen LogP contribution in [0.3, 0.4) is 0 Å². The number of fused-ring (bicyclic) bond motifs is 1. The van der Waals surface area contributed by atoms with Crippen molar-refractivity contribution < 1.29 is 29.3 Å². The van der Waals surface area contributed by atoms with Crippen molar-refractivity contribution in [2.24, 2.45) is 5.92 Å². The molecule has 4 aromatic carbocycles. The van der Waals surface area contributed by atoms with Crippen LogP contribution in [0.2, 0.25) is 0 Å². The summed E-state index contributed by atoms with van der Waals surface area (Å²) in [5, 5.41) is 23.6. The number of carboxylic acid groups (broad SMARTS) is 1. The first kappa shape index (κ1) is 32.3. The fourth-order valence-corrected chi connectivity index (χ4v) is 5.84.